The van der Waals surface area contributed by atoms with Crippen LogP contribution in [0.25, 0.3) is 0 Å². The average Bonchev–Trinajstić information content (AvgIpc) is 1.69. The molecule has 0 aliphatic carbocycles. The third-order valence-corrected chi connectivity index (χ3v) is 1.48. The van der Waals surface area contributed by atoms with Gasteiger partial charge in [0.2, 0.25) is 0 Å². The second-order valence-corrected chi connectivity index (χ2v) is 2.44. The van der Waals surface area contributed by atoms with Crippen LogP contribution in [0, 0.1) is 0 Å². The van der Waals surface area contributed by atoms with E-state index in [2.05, 4.69) is 23.0 Å². The Hall–Kier alpha value is 0.370. The lowest BCUT2D eigenvalue weighted by Crippen LogP contribution is -1.80. The van der Waals surface area contributed by atoms with Crippen LogP contribution in [0.4, 0.5) is 0 Å². The van der Waals surface area contributed by atoms with Crippen LogP contribution in [0.3, 0.4) is 0 Å². The number of hydrogen-bond donors (Lipinski definition) is 0. The standard InChI is InChI=1S/C4H9NS2/c1-7-4-2-3-5-6/h2-4H2,1H3. The molecular weight excluding hydrogens is 126 g/mol. The first kappa shape index (κ1) is 7.37. The monoisotopic (exact) mass is 135 g/mol. The average molecular weight is 135 g/mol. The molecule has 0 radical (unpaired) electrons. The fourth-order valence-corrected chi connectivity index (χ4v) is 0.820. The third-order valence-electron chi connectivity index (χ3n) is 0.598. The molecule has 7 heavy (non-hydrogen) atoms. The smallest absolute Gasteiger partial charge is 0.0528 e. The van der Waals surface area contributed by atoms with E-state index >= 15 is 0 Å². The van der Waals surface area contributed by atoms with Crippen molar-refractivity contribution in [2.24, 2.45) is 4.36 Å². The fraction of sp³-hybridized carbons (Fsp3) is 1.00. The van der Waals surface area contributed by atoms with E-state index in [1.165, 1.54) is 5.75 Å². The van der Waals surface area contributed by atoms with Gasteiger partial charge in [-0.15, -0.1) is 0 Å². The molecule has 0 N–H and O–H groups in total. The largest absolute Gasteiger partial charge is 0.220 e. The molecule has 0 saturated heterocycles. The van der Waals surface area contributed by atoms with Crippen molar-refractivity contribution in [2.75, 3.05) is 18.6 Å². The minimum Gasteiger partial charge on any atom is -0.220 e. The Morgan fingerprint density at radius 2 is 2.43 bits per heavy atom. The Morgan fingerprint density at radius 1 is 1.71 bits per heavy atom. The molecule has 0 amide bonds. The molecule has 0 saturated carbocycles. The maximum atomic E-state index is 4.38. The van der Waals surface area contributed by atoms with E-state index in [9.17, 15) is 0 Å². The first-order valence-electron chi connectivity index (χ1n) is 2.20. The first-order valence-corrected chi connectivity index (χ1v) is 3.95. The summed E-state index contributed by atoms with van der Waals surface area (Å²) in [6, 6.07) is 0. The summed E-state index contributed by atoms with van der Waals surface area (Å²) in [7, 11) is 0. The molecule has 0 rings (SSSR count). The quantitative estimate of drug-likeness (QED) is 0.541. The Morgan fingerprint density at radius 3 is 2.86 bits per heavy atom. The third kappa shape index (κ3) is 6.37. The molecule has 1 nitrogen and oxygen atoms in total. The summed E-state index contributed by atoms with van der Waals surface area (Å²) < 4.78 is 3.54. The number of rotatable bonds is 4. The lowest BCUT2D eigenvalue weighted by Gasteiger charge is -1.86. The summed E-state index contributed by atoms with van der Waals surface area (Å²) in [5.74, 6) is 1.18. The van der Waals surface area contributed by atoms with E-state index < -0.39 is 0 Å². The zero-order valence-electron chi connectivity index (χ0n) is 4.39. The Bertz CT molecular complexity index is 47.0. The Kier molecular flexibility index (Phi) is 6.71. The molecule has 0 aliphatic heterocycles. The van der Waals surface area contributed by atoms with Gasteiger partial charge in [-0.25, -0.2) is 4.36 Å². The van der Waals surface area contributed by atoms with Gasteiger partial charge in [0, 0.05) is 12.4 Å². The summed E-state index contributed by atoms with van der Waals surface area (Å²) >= 11 is 6.22. The van der Waals surface area contributed by atoms with Crippen molar-refractivity contribution in [3.8, 4) is 0 Å². The predicted octanol–water partition coefficient (Wildman–Crippen LogP) is 1.47. The summed E-state index contributed by atoms with van der Waals surface area (Å²) in [4.78, 5) is 0. The van der Waals surface area contributed by atoms with E-state index in [1.807, 2.05) is 11.8 Å². The van der Waals surface area contributed by atoms with Gasteiger partial charge < -0.3 is 0 Å². The molecule has 0 aromatic carbocycles. The van der Waals surface area contributed by atoms with Crippen molar-refractivity contribution >= 4 is 24.2 Å². The van der Waals surface area contributed by atoms with Crippen LogP contribution in [-0.2, 0) is 12.4 Å². The van der Waals surface area contributed by atoms with Gasteiger partial charge in [0.15, 0.2) is 0 Å². The van der Waals surface area contributed by atoms with E-state index in [4.69, 9.17) is 0 Å². The van der Waals surface area contributed by atoms with E-state index in [-0.39, 0.29) is 0 Å². The van der Waals surface area contributed by atoms with Gasteiger partial charge in [0.25, 0.3) is 0 Å². The lowest BCUT2D eigenvalue weighted by atomic mass is 10.5. The Labute approximate surface area is 54.0 Å². The van der Waals surface area contributed by atoms with Gasteiger partial charge in [0.1, 0.15) is 0 Å². The first-order chi connectivity index (χ1) is 3.41. The fourth-order valence-electron chi connectivity index (χ4n) is 0.273. The van der Waals surface area contributed by atoms with E-state index in [1.54, 1.807) is 0 Å². The van der Waals surface area contributed by atoms with Crippen molar-refractivity contribution in [3.05, 3.63) is 0 Å². The predicted molar refractivity (Wildman–Crippen MR) is 37.7 cm³/mol. The summed E-state index contributed by atoms with van der Waals surface area (Å²) in [5, 5.41) is 0. The number of nitrogens with zero attached hydrogens (tertiary/aromatic N) is 1. The van der Waals surface area contributed by atoms with Gasteiger partial charge in [-0.2, -0.15) is 11.8 Å². The normalized spacial score (nSPS) is 8.71. The van der Waals surface area contributed by atoms with Crippen LogP contribution in [0.1, 0.15) is 6.42 Å². The maximum absolute atomic E-state index is 4.38. The minimum absolute atomic E-state index is 0.843. The topological polar surface area (TPSA) is 12.4 Å². The highest BCUT2D eigenvalue weighted by Crippen LogP contribution is 1.93. The van der Waals surface area contributed by atoms with Gasteiger partial charge in [-0.3, -0.25) is 0 Å². The second-order valence-electron chi connectivity index (χ2n) is 1.20. The van der Waals surface area contributed by atoms with Crippen molar-refractivity contribution in [1.82, 2.24) is 0 Å². The highest BCUT2D eigenvalue weighted by Gasteiger charge is 1.79. The van der Waals surface area contributed by atoms with Crippen LogP contribution in [0.2, 0.25) is 0 Å². The highest BCUT2D eigenvalue weighted by molar-refractivity contribution is 7.98. The molecule has 0 aliphatic rings. The molecule has 0 atom stereocenters. The summed E-state index contributed by atoms with van der Waals surface area (Å²) in [6.45, 7) is 0.843. The van der Waals surface area contributed by atoms with Crippen LogP contribution in [-0.4, -0.2) is 18.6 Å². The van der Waals surface area contributed by atoms with Crippen molar-refractivity contribution in [1.29, 1.82) is 0 Å². The minimum atomic E-state index is 0.843. The van der Waals surface area contributed by atoms with Crippen molar-refractivity contribution < 1.29 is 0 Å². The Balaban J connectivity index is 2.56. The molecule has 0 spiro atoms. The molecule has 0 aromatic rings. The van der Waals surface area contributed by atoms with Crippen LogP contribution < -0.4 is 0 Å². The SMILES string of the molecule is CSCCCN=S. The number of thioether (sulfide) groups is 1. The molecule has 0 fully saturated rings. The van der Waals surface area contributed by atoms with Gasteiger partial charge in [-0.1, -0.05) is 0 Å². The molecular formula is C4H9NS2. The van der Waals surface area contributed by atoms with Crippen LogP contribution in [0.5, 0.6) is 0 Å². The van der Waals surface area contributed by atoms with Gasteiger partial charge >= 0.3 is 0 Å². The molecule has 0 unspecified atom stereocenters. The van der Waals surface area contributed by atoms with E-state index in [0.717, 1.165) is 13.0 Å². The zero-order chi connectivity index (χ0) is 5.54. The lowest BCUT2D eigenvalue weighted by molar-refractivity contribution is 0.960. The second kappa shape index (κ2) is 6.37. The van der Waals surface area contributed by atoms with Crippen molar-refractivity contribution in [2.45, 2.75) is 6.42 Å². The zero-order valence-corrected chi connectivity index (χ0v) is 6.02. The summed E-state index contributed by atoms with van der Waals surface area (Å²) in [6.07, 6.45) is 3.22. The molecule has 0 bridgehead atoms. The molecule has 0 heterocycles. The van der Waals surface area contributed by atoms with Gasteiger partial charge in [-0.05, 0) is 18.4 Å². The molecule has 42 valence electrons. The summed E-state index contributed by atoms with van der Waals surface area (Å²) in [5.41, 5.74) is 0. The molecule has 0 aromatic heterocycles. The molecule has 3 heteroatoms. The van der Waals surface area contributed by atoms with Crippen LogP contribution >= 0.6 is 11.8 Å². The highest BCUT2D eigenvalue weighted by atomic mass is 32.2. The van der Waals surface area contributed by atoms with Crippen molar-refractivity contribution in [3.63, 3.8) is 0 Å². The maximum Gasteiger partial charge on any atom is 0.0528 e. The van der Waals surface area contributed by atoms with Crippen LogP contribution in [0.15, 0.2) is 4.36 Å². The van der Waals surface area contributed by atoms with Gasteiger partial charge in [0.05, 0.1) is 6.54 Å². The van der Waals surface area contributed by atoms with E-state index in [0.29, 0.717) is 0 Å². The number of hydrogen-bond acceptors (Lipinski definition) is 3.